The molecule has 2 fully saturated rings. The standard InChI is InChI=1S/C11H15ClN4O/c12-10-5-11(14-8-13-10)16-2-1-15-3-4-17-7-9(15)6-16/h5,8-9H,1-4,6-7H2. The molecule has 3 rings (SSSR count). The summed E-state index contributed by atoms with van der Waals surface area (Å²) >= 11 is 5.89. The quantitative estimate of drug-likeness (QED) is 0.689. The first-order chi connectivity index (χ1) is 8.33. The van der Waals surface area contributed by atoms with E-state index in [0.717, 1.165) is 45.2 Å². The van der Waals surface area contributed by atoms with Gasteiger partial charge in [0.1, 0.15) is 17.3 Å². The zero-order chi connectivity index (χ0) is 11.7. The van der Waals surface area contributed by atoms with E-state index in [1.54, 1.807) is 0 Å². The number of morpholine rings is 1. The average molecular weight is 255 g/mol. The first-order valence-electron chi connectivity index (χ1n) is 5.87. The maximum Gasteiger partial charge on any atom is 0.134 e. The van der Waals surface area contributed by atoms with E-state index in [4.69, 9.17) is 16.3 Å². The Hall–Kier alpha value is -0.910. The lowest BCUT2D eigenvalue weighted by Gasteiger charge is -2.44. The molecule has 17 heavy (non-hydrogen) atoms. The van der Waals surface area contributed by atoms with Gasteiger partial charge in [-0.25, -0.2) is 9.97 Å². The van der Waals surface area contributed by atoms with Crippen molar-refractivity contribution in [3.05, 3.63) is 17.5 Å². The van der Waals surface area contributed by atoms with Gasteiger partial charge in [0.25, 0.3) is 0 Å². The molecule has 0 spiro atoms. The fourth-order valence-electron chi connectivity index (χ4n) is 2.45. The number of hydrogen-bond donors (Lipinski definition) is 0. The van der Waals surface area contributed by atoms with E-state index in [-0.39, 0.29) is 0 Å². The summed E-state index contributed by atoms with van der Waals surface area (Å²) in [6.07, 6.45) is 1.52. The Morgan fingerprint density at radius 1 is 1.29 bits per heavy atom. The predicted octanol–water partition coefficient (Wildman–Crippen LogP) is 0.651. The zero-order valence-corrected chi connectivity index (χ0v) is 10.3. The van der Waals surface area contributed by atoms with Gasteiger partial charge in [-0.15, -0.1) is 0 Å². The molecule has 0 N–H and O–H groups in total. The van der Waals surface area contributed by atoms with E-state index in [1.807, 2.05) is 6.07 Å². The maximum atomic E-state index is 5.89. The lowest BCUT2D eigenvalue weighted by Crippen LogP contribution is -2.58. The maximum absolute atomic E-state index is 5.89. The van der Waals surface area contributed by atoms with Crippen molar-refractivity contribution >= 4 is 17.4 Å². The van der Waals surface area contributed by atoms with E-state index >= 15 is 0 Å². The molecule has 0 aromatic carbocycles. The number of anilines is 1. The highest BCUT2D eigenvalue weighted by Gasteiger charge is 2.29. The van der Waals surface area contributed by atoms with Crippen LogP contribution in [0.25, 0.3) is 0 Å². The lowest BCUT2D eigenvalue weighted by molar-refractivity contribution is -0.0117. The molecule has 2 saturated heterocycles. The molecule has 92 valence electrons. The molecule has 5 nitrogen and oxygen atoms in total. The number of aromatic nitrogens is 2. The summed E-state index contributed by atoms with van der Waals surface area (Å²) in [4.78, 5) is 12.9. The number of nitrogens with zero attached hydrogens (tertiary/aromatic N) is 4. The van der Waals surface area contributed by atoms with Crippen LogP contribution in [0, 0.1) is 0 Å². The summed E-state index contributed by atoms with van der Waals surface area (Å²) < 4.78 is 5.52. The van der Waals surface area contributed by atoms with Gasteiger partial charge in [0.15, 0.2) is 0 Å². The number of hydrogen-bond acceptors (Lipinski definition) is 5. The normalized spacial score (nSPS) is 25.7. The molecule has 0 aliphatic carbocycles. The van der Waals surface area contributed by atoms with Crippen LogP contribution in [-0.4, -0.2) is 60.3 Å². The van der Waals surface area contributed by atoms with Crippen LogP contribution in [0.5, 0.6) is 0 Å². The minimum Gasteiger partial charge on any atom is -0.378 e. The molecule has 0 saturated carbocycles. The van der Waals surface area contributed by atoms with Crippen molar-refractivity contribution in [3.8, 4) is 0 Å². The lowest BCUT2D eigenvalue weighted by atomic mass is 10.1. The van der Waals surface area contributed by atoms with Gasteiger partial charge < -0.3 is 9.64 Å². The molecule has 1 aromatic heterocycles. The van der Waals surface area contributed by atoms with Crippen LogP contribution in [-0.2, 0) is 4.74 Å². The van der Waals surface area contributed by atoms with Crippen LogP contribution in [0.3, 0.4) is 0 Å². The van der Waals surface area contributed by atoms with Crippen molar-refractivity contribution in [2.75, 3.05) is 44.3 Å². The molecular weight excluding hydrogens is 240 g/mol. The van der Waals surface area contributed by atoms with Crippen molar-refractivity contribution in [1.29, 1.82) is 0 Å². The van der Waals surface area contributed by atoms with Gasteiger partial charge in [-0.2, -0.15) is 0 Å². The highest BCUT2D eigenvalue weighted by atomic mass is 35.5. The van der Waals surface area contributed by atoms with Gasteiger partial charge in [0.2, 0.25) is 0 Å². The summed E-state index contributed by atoms with van der Waals surface area (Å²) in [5.41, 5.74) is 0. The molecule has 0 amide bonds. The Morgan fingerprint density at radius 3 is 3.12 bits per heavy atom. The third-order valence-corrected chi connectivity index (χ3v) is 3.59. The van der Waals surface area contributed by atoms with Crippen LogP contribution < -0.4 is 4.90 Å². The SMILES string of the molecule is Clc1cc(N2CCN3CCOCC3C2)ncn1. The van der Waals surface area contributed by atoms with E-state index in [2.05, 4.69) is 19.8 Å². The summed E-state index contributed by atoms with van der Waals surface area (Å²) in [7, 11) is 0. The second kappa shape index (κ2) is 4.76. The molecule has 1 aromatic rings. The molecule has 1 unspecified atom stereocenters. The van der Waals surface area contributed by atoms with Gasteiger partial charge in [-0.1, -0.05) is 11.6 Å². The van der Waals surface area contributed by atoms with E-state index in [9.17, 15) is 0 Å². The van der Waals surface area contributed by atoms with Crippen LogP contribution in [0.15, 0.2) is 12.4 Å². The van der Waals surface area contributed by atoms with Gasteiger partial charge in [-0.05, 0) is 0 Å². The fourth-order valence-corrected chi connectivity index (χ4v) is 2.59. The first-order valence-corrected chi connectivity index (χ1v) is 6.25. The Labute approximate surface area is 105 Å². The van der Waals surface area contributed by atoms with Crippen LogP contribution in [0.4, 0.5) is 5.82 Å². The minimum absolute atomic E-state index is 0.478. The second-order valence-corrected chi connectivity index (χ2v) is 4.80. The Morgan fingerprint density at radius 2 is 2.24 bits per heavy atom. The van der Waals surface area contributed by atoms with E-state index in [1.165, 1.54) is 6.33 Å². The van der Waals surface area contributed by atoms with Crippen LogP contribution in [0.2, 0.25) is 5.15 Å². The monoisotopic (exact) mass is 254 g/mol. The number of fused-ring (bicyclic) bond motifs is 1. The van der Waals surface area contributed by atoms with Gasteiger partial charge in [0.05, 0.1) is 19.3 Å². The van der Waals surface area contributed by atoms with Crippen LogP contribution >= 0.6 is 11.6 Å². The van der Waals surface area contributed by atoms with E-state index < -0.39 is 0 Å². The molecule has 0 bridgehead atoms. The van der Waals surface area contributed by atoms with Crippen molar-refractivity contribution in [3.63, 3.8) is 0 Å². The smallest absolute Gasteiger partial charge is 0.134 e. The molecule has 2 aliphatic heterocycles. The molecule has 1 atom stereocenters. The topological polar surface area (TPSA) is 41.5 Å². The summed E-state index contributed by atoms with van der Waals surface area (Å²) in [5, 5.41) is 0.498. The van der Waals surface area contributed by atoms with Gasteiger partial charge in [-0.3, -0.25) is 4.90 Å². The Bertz CT molecular complexity index is 403. The first kappa shape index (κ1) is 11.2. The van der Waals surface area contributed by atoms with Gasteiger partial charge in [0, 0.05) is 32.2 Å². The Balaban J connectivity index is 1.73. The molecular formula is C11H15ClN4O. The van der Waals surface area contributed by atoms with Crippen molar-refractivity contribution in [1.82, 2.24) is 14.9 Å². The van der Waals surface area contributed by atoms with Crippen LogP contribution in [0.1, 0.15) is 0 Å². The summed E-state index contributed by atoms with van der Waals surface area (Å²) in [6, 6.07) is 2.30. The molecule has 2 aliphatic rings. The summed E-state index contributed by atoms with van der Waals surface area (Å²) in [5.74, 6) is 0.912. The van der Waals surface area contributed by atoms with Gasteiger partial charge >= 0.3 is 0 Å². The average Bonchev–Trinajstić information content (AvgIpc) is 2.38. The minimum atomic E-state index is 0.478. The molecule has 3 heterocycles. The zero-order valence-electron chi connectivity index (χ0n) is 9.55. The van der Waals surface area contributed by atoms with Crippen molar-refractivity contribution in [2.45, 2.75) is 6.04 Å². The number of halogens is 1. The van der Waals surface area contributed by atoms with Crippen molar-refractivity contribution < 1.29 is 4.74 Å². The van der Waals surface area contributed by atoms with E-state index in [0.29, 0.717) is 11.2 Å². The fraction of sp³-hybridized carbons (Fsp3) is 0.636. The predicted molar refractivity (Wildman–Crippen MR) is 65.4 cm³/mol. The number of piperazine rings is 1. The molecule has 6 heteroatoms. The Kier molecular flexibility index (Phi) is 3.13. The highest BCUT2D eigenvalue weighted by Crippen LogP contribution is 2.20. The third-order valence-electron chi connectivity index (χ3n) is 3.38. The second-order valence-electron chi connectivity index (χ2n) is 4.41. The molecule has 0 radical (unpaired) electrons. The van der Waals surface area contributed by atoms with Crippen molar-refractivity contribution in [2.24, 2.45) is 0 Å². The number of rotatable bonds is 1. The largest absolute Gasteiger partial charge is 0.378 e. The third kappa shape index (κ3) is 2.36. The number of ether oxygens (including phenoxy) is 1. The summed E-state index contributed by atoms with van der Waals surface area (Å²) in [6.45, 7) is 5.72. The highest BCUT2D eigenvalue weighted by molar-refractivity contribution is 6.29.